The van der Waals surface area contributed by atoms with E-state index in [2.05, 4.69) is 5.32 Å². The van der Waals surface area contributed by atoms with E-state index >= 15 is 0 Å². The summed E-state index contributed by atoms with van der Waals surface area (Å²) in [4.78, 5) is 23.8. The van der Waals surface area contributed by atoms with E-state index < -0.39 is 33.8 Å². The van der Waals surface area contributed by atoms with Gasteiger partial charge in [0.15, 0.2) is 6.10 Å². The number of anilines is 1. The van der Waals surface area contributed by atoms with Crippen molar-refractivity contribution in [1.82, 2.24) is 0 Å². The molecule has 1 amide bonds. The number of ether oxygens (including phenoxy) is 1. The number of benzene rings is 2. The number of hydrogen-bond donors (Lipinski definition) is 2. The van der Waals surface area contributed by atoms with E-state index in [1.54, 1.807) is 0 Å². The van der Waals surface area contributed by atoms with Crippen molar-refractivity contribution in [2.75, 3.05) is 5.32 Å². The molecule has 0 aliphatic heterocycles. The average molecular weight is 366 g/mol. The lowest BCUT2D eigenvalue weighted by Gasteiger charge is -2.13. The SMILES string of the molecule is C[C@@H](OC(=O)c1ccc(S(N)(=O)=O)cc1)C(=O)Nc1ccc(F)cc1. The normalized spacial score (nSPS) is 12.3. The maximum Gasteiger partial charge on any atom is 0.338 e. The summed E-state index contributed by atoms with van der Waals surface area (Å²) >= 11 is 0. The van der Waals surface area contributed by atoms with Crippen LogP contribution in [0.25, 0.3) is 0 Å². The van der Waals surface area contributed by atoms with Gasteiger partial charge < -0.3 is 10.1 Å². The lowest BCUT2D eigenvalue weighted by atomic mass is 10.2. The fraction of sp³-hybridized carbons (Fsp3) is 0.125. The van der Waals surface area contributed by atoms with Gasteiger partial charge in [-0.15, -0.1) is 0 Å². The fourth-order valence-corrected chi connectivity index (χ4v) is 2.36. The average Bonchev–Trinajstić information content (AvgIpc) is 2.56. The van der Waals surface area contributed by atoms with Crippen molar-refractivity contribution < 1.29 is 27.1 Å². The second-order valence-corrected chi connectivity index (χ2v) is 6.67. The van der Waals surface area contributed by atoms with Gasteiger partial charge in [0.05, 0.1) is 10.5 Å². The van der Waals surface area contributed by atoms with Crippen molar-refractivity contribution in [3.05, 3.63) is 59.9 Å². The molecule has 2 aromatic carbocycles. The minimum absolute atomic E-state index is 0.0637. The fourth-order valence-electron chi connectivity index (χ4n) is 1.84. The van der Waals surface area contributed by atoms with Crippen LogP contribution in [0.3, 0.4) is 0 Å². The summed E-state index contributed by atoms with van der Waals surface area (Å²) in [6.45, 7) is 1.37. The van der Waals surface area contributed by atoms with Crippen molar-refractivity contribution in [3.8, 4) is 0 Å². The van der Waals surface area contributed by atoms with E-state index in [1.165, 1.54) is 43.3 Å². The van der Waals surface area contributed by atoms with Gasteiger partial charge in [0, 0.05) is 5.69 Å². The second-order valence-electron chi connectivity index (χ2n) is 5.11. The molecule has 2 aromatic rings. The van der Waals surface area contributed by atoms with E-state index in [-0.39, 0.29) is 10.5 Å². The molecule has 0 aliphatic carbocycles. The highest BCUT2D eigenvalue weighted by atomic mass is 32.2. The summed E-state index contributed by atoms with van der Waals surface area (Å²) in [5.74, 6) is -1.84. The van der Waals surface area contributed by atoms with Gasteiger partial charge >= 0.3 is 5.97 Å². The van der Waals surface area contributed by atoms with Crippen LogP contribution < -0.4 is 10.5 Å². The third-order valence-electron chi connectivity index (χ3n) is 3.18. The monoisotopic (exact) mass is 366 g/mol. The Morgan fingerprint density at radius 1 is 1.08 bits per heavy atom. The van der Waals surface area contributed by atoms with Crippen LogP contribution in [-0.2, 0) is 19.6 Å². The van der Waals surface area contributed by atoms with E-state index in [0.29, 0.717) is 5.69 Å². The zero-order chi connectivity index (χ0) is 18.6. The Kier molecular flexibility index (Phi) is 5.50. The van der Waals surface area contributed by atoms with Gasteiger partial charge in [-0.3, -0.25) is 4.79 Å². The molecule has 1 atom stereocenters. The number of sulfonamides is 1. The number of carbonyl (C=O) groups excluding carboxylic acids is 2. The van der Waals surface area contributed by atoms with Crippen molar-refractivity contribution >= 4 is 27.6 Å². The molecule has 0 unspecified atom stereocenters. The topological polar surface area (TPSA) is 116 Å². The van der Waals surface area contributed by atoms with Gasteiger partial charge in [-0.25, -0.2) is 22.7 Å². The lowest BCUT2D eigenvalue weighted by molar-refractivity contribution is -0.123. The summed E-state index contributed by atoms with van der Waals surface area (Å²) in [7, 11) is -3.86. The Balaban J connectivity index is 1.99. The van der Waals surface area contributed by atoms with Crippen LogP contribution in [0.4, 0.5) is 10.1 Å². The minimum Gasteiger partial charge on any atom is -0.449 e. The number of rotatable bonds is 5. The van der Waals surface area contributed by atoms with Gasteiger partial charge in [-0.05, 0) is 55.5 Å². The molecule has 0 fully saturated rings. The number of esters is 1. The number of amides is 1. The third-order valence-corrected chi connectivity index (χ3v) is 4.11. The van der Waals surface area contributed by atoms with Crippen molar-refractivity contribution in [2.24, 2.45) is 5.14 Å². The number of hydrogen-bond acceptors (Lipinski definition) is 5. The summed E-state index contributed by atoms with van der Waals surface area (Å²) in [5, 5.41) is 7.44. The van der Waals surface area contributed by atoms with Crippen LogP contribution in [-0.4, -0.2) is 26.4 Å². The zero-order valence-corrected chi connectivity index (χ0v) is 13.9. The predicted molar refractivity (Wildman–Crippen MR) is 87.7 cm³/mol. The molecule has 0 spiro atoms. The Morgan fingerprint density at radius 3 is 2.16 bits per heavy atom. The minimum atomic E-state index is -3.86. The highest BCUT2D eigenvalue weighted by molar-refractivity contribution is 7.89. The van der Waals surface area contributed by atoms with Crippen LogP contribution in [0.1, 0.15) is 17.3 Å². The summed E-state index contributed by atoms with van der Waals surface area (Å²) in [6, 6.07) is 9.88. The van der Waals surface area contributed by atoms with Gasteiger partial charge in [0.2, 0.25) is 10.0 Å². The van der Waals surface area contributed by atoms with Gasteiger partial charge in [-0.2, -0.15) is 0 Å². The molecule has 0 saturated carbocycles. The molecule has 0 saturated heterocycles. The molecule has 7 nitrogen and oxygen atoms in total. The molecule has 132 valence electrons. The summed E-state index contributed by atoms with van der Waals surface area (Å²) in [6.07, 6.45) is -1.12. The zero-order valence-electron chi connectivity index (χ0n) is 13.1. The molecule has 0 aliphatic rings. The van der Waals surface area contributed by atoms with Crippen LogP contribution in [0.2, 0.25) is 0 Å². The first-order valence-corrected chi connectivity index (χ1v) is 8.62. The first-order chi connectivity index (χ1) is 11.7. The first-order valence-electron chi connectivity index (χ1n) is 7.07. The molecule has 9 heteroatoms. The van der Waals surface area contributed by atoms with Crippen LogP contribution in [0.15, 0.2) is 53.4 Å². The Labute approximate surface area is 143 Å². The van der Waals surface area contributed by atoms with Crippen LogP contribution >= 0.6 is 0 Å². The largest absolute Gasteiger partial charge is 0.449 e. The summed E-state index contributed by atoms with van der Waals surface area (Å²) in [5.41, 5.74) is 0.417. The highest BCUT2D eigenvalue weighted by Gasteiger charge is 2.19. The summed E-state index contributed by atoms with van der Waals surface area (Å²) < 4.78 is 40.2. The molecular weight excluding hydrogens is 351 g/mol. The molecular formula is C16H15FN2O5S. The number of carbonyl (C=O) groups is 2. The van der Waals surface area contributed by atoms with Crippen molar-refractivity contribution in [2.45, 2.75) is 17.9 Å². The third kappa shape index (κ3) is 5.10. The Hall–Kier alpha value is -2.78. The number of nitrogens with two attached hydrogens (primary N) is 1. The lowest BCUT2D eigenvalue weighted by Crippen LogP contribution is -2.30. The number of primary sulfonamides is 1. The van der Waals surface area contributed by atoms with E-state index in [0.717, 1.165) is 12.1 Å². The van der Waals surface area contributed by atoms with E-state index in [4.69, 9.17) is 9.88 Å². The molecule has 0 aromatic heterocycles. The number of nitrogens with one attached hydrogen (secondary N) is 1. The highest BCUT2D eigenvalue weighted by Crippen LogP contribution is 2.12. The molecule has 3 N–H and O–H groups in total. The second kappa shape index (κ2) is 7.41. The Morgan fingerprint density at radius 2 is 1.64 bits per heavy atom. The smallest absolute Gasteiger partial charge is 0.338 e. The first kappa shape index (κ1) is 18.6. The van der Waals surface area contributed by atoms with Gasteiger partial charge in [0.1, 0.15) is 5.82 Å². The van der Waals surface area contributed by atoms with Crippen molar-refractivity contribution in [3.63, 3.8) is 0 Å². The maximum absolute atomic E-state index is 12.8. The van der Waals surface area contributed by atoms with E-state index in [1.807, 2.05) is 0 Å². The molecule has 25 heavy (non-hydrogen) atoms. The quantitative estimate of drug-likeness (QED) is 0.781. The number of halogens is 1. The molecule has 2 rings (SSSR count). The van der Waals surface area contributed by atoms with Crippen molar-refractivity contribution in [1.29, 1.82) is 0 Å². The van der Waals surface area contributed by atoms with Gasteiger partial charge in [-0.1, -0.05) is 0 Å². The predicted octanol–water partition coefficient (Wildman–Crippen LogP) is 1.66. The van der Waals surface area contributed by atoms with Gasteiger partial charge in [0.25, 0.3) is 5.91 Å². The standard InChI is InChI=1S/C16H15FN2O5S/c1-10(15(20)19-13-6-4-12(17)5-7-13)24-16(21)11-2-8-14(9-3-11)25(18,22)23/h2-10H,1H3,(H,19,20)(H2,18,22,23)/t10-/m1/s1. The van der Waals surface area contributed by atoms with E-state index in [9.17, 15) is 22.4 Å². The molecule has 0 bridgehead atoms. The molecule has 0 radical (unpaired) electrons. The van der Waals surface area contributed by atoms with Crippen LogP contribution in [0, 0.1) is 5.82 Å². The Bertz CT molecular complexity index is 880. The van der Waals surface area contributed by atoms with Crippen LogP contribution in [0.5, 0.6) is 0 Å². The maximum atomic E-state index is 12.8. The molecule has 0 heterocycles.